The molecule has 1 saturated heterocycles. The van der Waals surface area contributed by atoms with Crippen LogP contribution in [0.1, 0.15) is 25.8 Å². The molecule has 2 rings (SSSR count). The van der Waals surface area contributed by atoms with E-state index in [0.29, 0.717) is 12.5 Å². The van der Waals surface area contributed by atoms with Gasteiger partial charge in [-0.05, 0) is 24.3 Å². The van der Waals surface area contributed by atoms with Gasteiger partial charge in [-0.2, -0.15) is 0 Å². The van der Waals surface area contributed by atoms with E-state index in [-0.39, 0.29) is 6.10 Å². The first-order valence-electron chi connectivity index (χ1n) is 5.89. The molecule has 0 saturated carbocycles. The van der Waals surface area contributed by atoms with Crippen LogP contribution in [0.4, 0.5) is 5.95 Å². The highest BCUT2D eigenvalue weighted by Gasteiger charge is 2.21. The molecule has 1 aromatic heterocycles. The average molecular weight is 221 g/mol. The number of hydrogen-bond acceptors (Lipinski definition) is 4. The molecular formula is C12H19N3O. The number of aromatic nitrogens is 2. The molecule has 4 heteroatoms. The molecule has 0 aliphatic carbocycles. The Morgan fingerprint density at radius 2 is 2.12 bits per heavy atom. The van der Waals surface area contributed by atoms with E-state index in [1.165, 1.54) is 5.56 Å². The standard InChI is InChI=1S/C12H19N3O/c1-9(2)5-10-6-13-12(14-7-10)15-4-3-11(16)8-15/h6-7,9,11,16H,3-5,8H2,1-2H3. The third kappa shape index (κ3) is 2.70. The van der Waals surface area contributed by atoms with Crippen molar-refractivity contribution in [3.8, 4) is 0 Å². The van der Waals surface area contributed by atoms with Gasteiger partial charge in [-0.25, -0.2) is 9.97 Å². The second kappa shape index (κ2) is 4.78. The average Bonchev–Trinajstić information content (AvgIpc) is 2.65. The number of nitrogens with zero attached hydrogens (tertiary/aromatic N) is 3. The second-order valence-electron chi connectivity index (χ2n) is 4.88. The number of hydrogen-bond donors (Lipinski definition) is 1. The topological polar surface area (TPSA) is 49.2 Å². The Labute approximate surface area is 96.3 Å². The molecule has 1 aliphatic heterocycles. The number of anilines is 1. The summed E-state index contributed by atoms with van der Waals surface area (Å²) in [6.07, 6.45) is 5.40. The maximum Gasteiger partial charge on any atom is 0.225 e. The van der Waals surface area contributed by atoms with Gasteiger partial charge in [-0.1, -0.05) is 13.8 Å². The van der Waals surface area contributed by atoms with Crippen molar-refractivity contribution in [2.45, 2.75) is 32.8 Å². The van der Waals surface area contributed by atoms with Gasteiger partial charge in [-0.15, -0.1) is 0 Å². The van der Waals surface area contributed by atoms with Crippen molar-refractivity contribution >= 4 is 5.95 Å². The number of rotatable bonds is 3. The zero-order valence-corrected chi connectivity index (χ0v) is 9.93. The first kappa shape index (κ1) is 11.3. The van der Waals surface area contributed by atoms with E-state index in [4.69, 9.17) is 0 Å². The predicted octanol–water partition coefficient (Wildman–Crippen LogP) is 1.25. The van der Waals surface area contributed by atoms with E-state index in [1.807, 2.05) is 17.3 Å². The van der Waals surface area contributed by atoms with Crippen molar-refractivity contribution in [1.82, 2.24) is 9.97 Å². The lowest BCUT2D eigenvalue weighted by atomic mass is 10.1. The third-order valence-corrected chi connectivity index (χ3v) is 2.78. The number of β-amino-alcohol motifs (C(OH)–C–C–N with tert-alkyl or cyclic N) is 1. The van der Waals surface area contributed by atoms with Gasteiger partial charge >= 0.3 is 0 Å². The van der Waals surface area contributed by atoms with Crippen molar-refractivity contribution in [2.24, 2.45) is 5.92 Å². The number of aliphatic hydroxyl groups excluding tert-OH is 1. The summed E-state index contributed by atoms with van der Waals surface area (Å²) < 4.78 is 0. The van der Waals surface area contributed by atoms with Crippen molar-refractivity contribution < 1.29 is 5.11 Å². The van der Waals surface area contributed by atoms with Crippen LogP contribution >= 0.6 is 0 Å². The van der Waals surface area contributed by atoms with E-state index in [2.05, 4.69) is 23.8 Å². The molecule has 1 unspecified atom stereocenters. The van der Waals surface area contributed by atoms with Crippen LogP contribution in [0.3, 0.4) is 0 Å². The van der Waals surface area contributed by atoms with Crippen LogP contribution < -0.4 is 4.90 Å². The fraction of sp³-hybridized carbons (Fsp3) is 0.667. The fourth-order valence-corrected chi connectivity index (χ4v) is 2.01. The monoisotopic (exact) mass is 221 g/mol. The van der Waals surface area contributed by atoms with Crippen molar-refractivity contribution in [2.75, 3.05) is 18.0 Å². The van der Waals surface area contributed by atoms with E-state index < -0.39 is 0 Å². The van der Waals surface area contributed by atoms with Gasteiger partial charge in [0.25, 0.3) is 0 Å². The molecule has 1 aromatic rings. The predicted molar refractivity (Wildman–Crippen MR) is 63.4 cm³/mol. The maximum absolute atomic E-state index is 9.44. The second-order valence-corrected chi connectivity index (χ2v) is 4.88. The molecule has 0 bridgehead atoms. The lowest BCUT2D eigenvalue weighted by Gasteiger charge is -2.15. The zero-order valence-electron chi connectivity index (χ0n) is 9.93. The zero-order chi connectivity index (χ0) is 11.5. The Morgan fingerprint density at radius 1 is 1.44 bits per heavy atom. The summed E-state index contributed by atoms with van der Waals surface area (Å²) in [6.45, 7) is 5.88. The SMILES string of the molecule is CC(C)Cc1cnc(N2CCC(O)C2)nc1. The molecule has 4 nitrogen and oxygen atoms in total. The molecule has 0 radical (unpaired) electrons. The van der Waals surface area contributed by atoms with Gasteiger partial charge in [0.2, 0.25) is 5.95 Å². The highest BCUT2D eigenvalue weighted by atomic mass is 16.3. The van der Waals surface area contributed by atoms with Crippen LogP contribution in [0.25, 0.3) is 0 Å². The van der Waals surface area contributed by atoms with Gasteiger partial charge in [0.15, 0.2) is 0 Å². The van der Waals surface area contributed by atoms with E-state index in [1.54, 1.807) is 0 Å². The van der Waals surface area contributed by atoms with Crippen LogP contribution in [0.15, 0.2) is 12.4 Å². The minimum Gasteiger partial charge on any atom is -0.391 e. The van der Waals surface area contributed by atoms with E-state index in [0.717, 1.165) is 25.3 Å². The molecule has 1 aliphatic rings. The summed E-state index contributed by atoms with van der Waals surface area (Å²) in [5, 5.41) is 9.44. The minimum atomic E-state index is -0.223. The summed E-state index contributed by atoms with van der Waals surface area (Å²) >= 11 is 0. The fourth-order valence-electron chi connectivity index (χ4n) is 2.01. The van der Waals surface area contributed by atoms with Crippen LogP contribution in [0.5, 0.6) is 0 Å². The quantitative estimate of drug-likeness (QED) is 0.834. The highest BCUT2D eigenvalue weighted by molar-refractivity contribution is 5.31. The molecule has 1 fully saturated rings. The van der Waals surface area contributed by atoms with Gasteiger partial charge in [0.05, 0.1) is 6.10 Å². The van der Waals surface area contributed by atoms with E-state index in [9.17, 15) is 5.11 Å². The molecule has 88 valence electrons. The summed E-state index contributed by atoms with van der Waals surface area (Å²) in [5.41, 5.74) is 1.18. The molecule has 2 heterocycles. The van der Waals surface area contributed by atoms with Gasteiger partial charge in [0.1, 0.15) is 0 Å². The Balaban J connectivity index is 2.02. The Kier molecular flexibility index (Phi) is 3.39. The smallest absolute Gasteiger partial charge is 0.225 e. The van der Waals surface area contributed by atoms with Crippen LogP contribution in [-0.2, 0) is 6.42 Å². The molecule has 0 aromatic carbocycles. The lowest BCUT2D eigenvalue weighted by molar-refractivity contribution is 0.198. The minimum absolute atomic E-state index is 0.223. The van der Waals surface area contributed by atoms with Crippen molar-refractivity contribution in [3.05, 3.63) is 18.0 Å². The third-order valence-electron chi connectivity index (χ3n) is 2.78. The first-order chi connectivity index (χ1) is 7.65. The maximum atomic E-state index is 9.44. The van der Waals surface area contributed by atoms with Crippen molar-refractivity contribution in [3.63, 3.8) is 0 Å². The van der Waals surface area contributed by atoms with Crippen LogP contribution in [0.2, 0.25) is 0 Å². The largest absolute Gasteiger partial charge is 0.391 e. The molecular weight excluding hydrogens is 202 g/mol. The normalized spacial score (nSPS) is 20.8. The molecule has 0 amide bonds. The van der Waals surface area contributed by atoms with Crippen molar-refractivity contribution in [1.29, 1.82) is 0 Å². The van der Waals surface area contributed by atoms with E-state index >= 15 is 0 Å². The summed E-state index contributed by atoms with van der Waals surface area (Å²) in [6, 6.07) is 0. The molecule has 1 atom stereocenters. The van der Waals surface area contributed by atoms with Gasteiger partial charge in [-0.3, -0.25) is 0 Å². The molecule has 1 N–H and O–H groups in total. The van der Waals surface area contributed by atoms with Crippen LogP contribution in [0, 0.1) is 5.92 Å². The lowest BCUT2D eigenvalue weighted by Crippen LogP contribution is -2.23. The number of aliphatic hydroxyl groups is 1. The molecule has 16 heavy (non-hydrogen) atoms. The highest BCUT2D eigenvalue weighted by Crippen LogP contribution is 2.16. The Hall–Kier alpha value is -1.16. The molecule has 0 spiro atoms. The Morgan fingerprint density at radius 3 is 2.62 bits per heavy atom. The summed E-state index contributed by atoms with van der Waals surface area (Å²) in [5.74, 6) is 1.37. The Bertz CT molecular complexity index is 337. The van der Waals surface area contributed by atoms with Gasteiger partial charge < -0.3 is 10.0 Å². The summed E-state index contributed by atoms with van der Waals surface area (Å²) in [7, 11) is 0. The first-order valence-corrected chi connectivity index (χ1v) is 5.89. The summed E-state index contributed by atoms with van der Waals surface area (Å²) in [4.78, 5) is 10.7. The van der Waals surface area contributed by atoms with Crippen LogP contribution in [-0.4, -0.2) is 34.3 Å². The van der Waals surface area contributed by atoms with Gasteiger partial charge in [0, 0.05) is 25.5 Å².